The second-order valence-electron chi connectivity index (χ2n) is 5.24. The van der Waals surface area contributed by atoms with E-state index in [2.05, 4.69) is 9.27 Å². The summed E-state index contributed by atoms with van der Waals surface area (Å²) in [5.41, 5.74) is 0.736. The first kappa shape index (κ1) is 14.2. The number of carbonyl (C=O) groups is 1. The molecule has 0 radical (unpaired) electrons. The highest BCUT2D eigenvalue weighted by molar-refractivity contribution is 7.02. The Bertz CT molecular complexity index is 665. The number of carbonyl (C=O) groups excluding carboxylic acids is 1. The Kier molecular flexibility index (Phi) is 4.26. The average Bonchev–Trinajstić information content (AvgIpc) is 2.95. The molecule has 2 heterocycles. The number of aromatic nitrogens is 1. The molecule has 0 amide bonds. The molecule has 5 nitrogen and oxygen atoms in total. The van der Waals surface area contributed by atoms with Crippen LogP contribution < -0.4 is 4.94 Å². The smallest absolute Gasteiger partial charge is 0.398 e. The van der Waals surface area contributed by atoms with E-state index in [4.69, 9.17) is 4.42 Å². The molecule has 3 rings (SSSR count). The molecule has 1 atom stereocenters. The van der Waals surface area contributed by atoms with Crippen molar-refractivity contribution in [3.63, 3.8) is 0 Å². The molecule has 1 aliphatic rings. The predicted octanol–water partition coefficient (Wildman–Crippen LogP) is 2.16. The second kappa shape index (κ2) is 6.32. The van der Waals surface area contributed by atoms with Crippen molar-refractivity contribution in [2.24, 2.45) is 0 Å². The molecule has 1 saturated heterocycles. The van der Waals surface area contributed by atoms with E-state index < -0.39 is 0 Å². The van der Waals surface area contributed by atoms with Crippen molar-refractivity contribution in [2.45, 2.75) is 18.8 Å². The number of Topliss-reactive ketones (excluding diaryl/α,β-unsaturated/α-hetero) is 1. The van der Waals surface area contributed by atoms with Gasteiger partial charge in [-0.2, -0.15) is 4.37 Å². The van der Waals surface area contributed by atoms with Crippen molar-refractivity contribution in [2.75, 3.05) is 19.6 Å². The summed E-state index contributed by atoms with van der Waals surface area (Å²) >= 11 is 0.852. The molecule has 0 N–H and O–H groups in total. The SMILES string of the molecule is O=C(CN1CCCC(c2nsc(=O)o2)C1)c1ccccc1. The van der Waals surface area contributed by atoms with E-state index in [0.717, 1.165) is 36.5 Å². The van der Waals surface area contributed by atoms with Crippen LogP contribution in [0.25, 0.3) is 0 Å². The summed E-state index contributed by atoms with van der Waals surface area (Å²) in [5, 5.41) is 0. The van der Waals surface area contributed by atoms with Crippen LogP contribution in [-0.2, 0) is 0 Å². The highest BCUT2D eigenvalue weighted by Gasteiger charge is 2.26. The lowest BCUT2D eigenvalue weighted by atomic mass is 9.97. The summed E-state index contributed by atoms with van der Waals surface area (Å²) in [5.74, 6) is 0.749. The predicted molar refractivity (Wildman–Crippen MR) is 79.8 cm³/mol. The zero-order valence-electron chi connectivity index (χ0n) is 11.5. The molecule has 2 aromatic rings. The van der Waals surface area contributed by atoms with Crippen LogP contribution in [0.3, 0.4) is 0 Å². The van der Waals surface area contributed by atoms with Gasteiger partial charge in [-0.15, -0.1) is 0 Å². The van der Waals surface area contributed by atoms with Gasteiger partial charge in [0.15, 0.2) is 5.78 Å². The van der Waals surface area contributed by atoms with Crippen molar-refractivity contribution in [1.29, 1.82) is 0 Å². The highest BCUT2D eigenvalue weighted by atomic mass is 32.1. The number of hydrogen-bond acceptors (Lipinski definition) is 6. The van der Waals surface area contributed by atoms with Crippen LogP contribution in [0.2, 0.25) is 0 Å². The van der Waals surface area contributed by atoms with E-state index in [1.807, 2.05) is 30.3 Å². The molecule has 0 aliphatic carbocycles. The minimum absolute atomic E-state index is 0.112. The summed E-state index contributed by atoms with van der Waals surface area (Å²) < 4.78 is 9.16. The lowest BCUT2D eigenvalue weighted by molar-refractivity contribution is 0.0900. The lowest BCUT2D eigenvalue weighted by Crippen LogP contribution is -2.38. The maximum atomic E-state index is 12.2. The van der Waals surface area contributed by atoms with Gasteiger partial charge >= 0.3 is 4.94 Å². The zero-order chi connectivity index (χ0) is 14.7. The van der Waals surface area contributed by atoms with Crippen molar-refractivity contribution in [1.82, 2.24) is 9.27 Å². The first-order valence-corrected chi connectivity index (χ1v) is 7.77. The average molecular weight is 304 g/mol. The van der Waals surface area contributed by atoms with Crippen LogP contribution in [-0.4, -0.2) is 34.7 Å². The molecule has 21 heavy (non-hydrogen) atoms. The van der Waals surface area contributed by atoms with Gasteiger partial charge in [-0.25, -0.2) is 4.79 Å². The van der Waals surface area contributed by atoms with Gasteiger partial charge < -0.3 is 4.42 Å². The van der Waals surface area contributed by atoms with E-state index in [9.17, 15) is 9.59 Å². The van der Waals surface area contributed by atoms with E-state index in [1.165, 1.54) is 0 Å². The number of piperidine rings is 1. The minimum atomic E-state index is -0.359. The number of benzene rings is 1. The fourth-order valence-electron chi connectivity index (χ4n) is 2.68. The summed E-state index contributed by atoms with van der Waals surface area (Å²) in [6.45, 7) is 2.00. The Hall–Kier alpha value is -1.79. The first-order valence-electron chi connectivity index (χ1n) is 6.99. The van der Waals surface area contributed by atoms with Crippen LogP contribution in [0.5, 0.6) is 0 Å². The van der Waals surface area contributed by atoms with Gasteiger partial charge in [-0.3, -0.25) is 9.69 Å². The number of rotatable bonds is 4. The Balaban J connectivity index is 1.64. The molecule has 1 fully saturated rings. The van der Waals surface area contributed by atoms with Gasteiger partial charge in [0.05, 0.1) is 6.54 Å². The Morgan fingerprint density at radius 1 is 1.38 bits per heavy atom. The summed E-state index contributed by atoms with van der Waals surface area (Å²) in [6.07, 6.45) is 1.93. The van der Waals surface area contributed by atoms with Crippen molar-refractivity contribution in [3.05, 3.63) is 51.5 Å². The zero-order valence-corrected chi connectivity index (χ0v) is 12.3. The van der Waals surface area contributed by atoms with Crippen LogP contribution in [0.1, 0.15) is 35.0 Å². The number of likely N-dealkylation sites (tertiary alicyclic amines) is 1. The van der Waals surface area contributed by atoms with Gasteiger partial charge in [0.25, 0.3) is 0 Å². The first-order chi connectivity index (χ1) is 10.2. The standard InChI is InChI=1S/C15H16N2O3S/c18-13(11-5-2-1-3-6-11)10-17-8-4-7-12(9-17)14-16-21-15(19)20-14/h1-3,5-6,12H,4,7-10H2. The van der Waals surface area contributed by atoms with E-state index >= 15 is 0 Å². The largest absolute Gasteiger partial charge is 0.414 e. The Labute approximate surface area is 126 Å². The number of nitrogens with zero attached hydrogens (tertiary/aromatic N) is 2. The summed E-state index contributed by atoms with van der Waals surface area (Å²) in [6, 6.07) is 9.32. The molecule has 1 unspecified atom stereocenters. The van der Waals surface area contributed by atoms with Crippen LogP contribution in [0.4, 0.5) is 0 Å². The van der Waals surface area contributed by atoms with E-state index in [1.54, 1.807) is 0 Å². The molecule has 0 spiro atoms. The maximum Gasteiger partial charge on any atom is 0.414 e. The fourth-order valence-corrected chi connectivity index (χ4v) is 3.16. The van der Waals surface area contributed by atoms with Crippen LogP contribution in [0.15, 0.2) is 39.5 Å². The van der Waals surface area contributed by atoms with E-state index in [0.29, 0.717) is 19.0 Å². The Morgan fingerprint density at radius 3 is 2.90 bits per heavy atom. The molecule has 0 saturated carbocycles. The van der Waals surface area contributed by atoms with Gasteiger partial charge in [-0.05, 0) is 19.4 Å². The van der Waals surface area contributed by atoms with Gasteiger partial charge in [0.1, 0.15) is 0 Å². The monoisotopic (exact) mass is 304 g/mol. The third kappa shape index (κ3) is 3.46. The third-order valence-electron chi connectivity index (χ3n) is 3.72. The fraction of sp³-hybridized carbons (Fsp3) is 0.400. The Morgan fingerprint density at radius 2 is 2.19 bits per heavy atom. The van der Waals surface area contributed by atoms with Gasteiger partial charge in [0.2, 0.25) is 5.89 Å². The summed E-state index contributed by atoms with van der Waals surface area (Å²) in [4.78, 5) is 25.1. The van der Waals surface area contributed by atoms with E-state index in [-0.39, 0.29) is 16.6 Å². The highest BCUT2D eigenvalue weighted by Crippen LogP contribution is 2.25. The third-order valence-corrected chi connectivity index (χ3v) is 4.22. The molecular weight excluding hydrogens is 288 g/mol. The number of hydrogen-bond donors (Lipinski definition) is 0. The van der Waals surface area contributed by atoms with Crippen molar-refractivity contribution < 1.29 is 9.21 Å². The minimum Gasteiger partial charge on any atom is -0.398 e. The molecule has 1 aliphatic heterocycles. The van der Waals surface area contributed by atoms with Gasteiger partial charge in [0, 0.05) is 29.6 Å². The molecule has 0 bridgehead atoms. The molecule has 6 heteroatoms. The molecule has 1 aromatic carbocycles. The second-order valence-corrected chi connectivity index (χ2v) is 5.93. The maximum absolute atomic E-state index is 12.2. The van der Waals surface area contributed by atoms with Crippen LogP contribution >= 0.6 is 11.5 Å². The summed E-state index contributed by atoms with van der Waals surface area (Å²) in [7, 11) is 0. The molecule has 110 valence electrons. The topological polar surface area (TPSA) is 63.4 Å². The van der Waals surface area contributed by atoms with Crippen molar-refractivity contribution >= 4 is 17.3 Å². The normalized spacial score (nSPS) is 19.5. The number of ketones is 1. The molecular formula is C15H16N2O3S. The van der Waals surface area contributed by atoms with Gasteiger partial charge in [-0.1, -0.05) is 30.3 Å². The lowest BCUT2D eigenvalue weighted by Gasteiger charge is -2.30. The van der Waals surface area contributed by atoms with Crippen LogP contribution in [0, 0.1) is 0 Å². The quantitative estimate of drug-likeness (QED) is 0.810. The van der Waals surface area contributed by atoms with Crippen molar-refractivity contribution in [3.8, 4) is 0 Å². The molecule has 1 aromatic heterocycles.